The number of carboxylic acid groups (broad SMARTS) is 1. The van der Waals surface area contributed by atoms with Gasteiger partial charge in [0.05, 0.1) is 43.2 Å². The summed E-state index contributed by atoms with van der Waals surface area (Å²) in [6.45, 7) is 2.32. The fourth-order valence-electron chi connectivity index (χ4n) is 5.82. The lowest BCUT2D eigenvalue weighted by molar-refractivity contribution is -0.122. The van der Waals surface area contributed by atoms with Crippen LogP contribution in [0.25, 0.3) is 22.5 Å². The van der Waals surface area contributed by atoms with E-state index >= 15 is 0 Å². The predicted octanol–water partition coefficient (Wildman–Crippen LogP) is 4.51. The number of benzene rings is 3. The Morgan fingerprint density at radius 2 is 1.64 bits per heavy atom. The van der Waals surface area contributed by atoms with Crippen LogP contribution in [0.1, 0.15) is 48.0 Å². The number of unbranched alkanes of at least 4 members (excludes halogenated alkanes) is 1. The van der Waals surface area contributed by atoms with Gasteiger partial charge in [-0.2, -0.15) is 0 Å². The van der Waals surface area contributed by atoms with E-state index in [0.29, 0.717) is 56.0 Å². The molecule has 0 spiro atoms. The number of ether oxygens (including phenoxy) is 2. The number of fused-ring (bicyclic) bond motifs is 5. The molecule has 3 aromatic carbocycles. The van der Waals surface area contributed by atoms with Crippen LogP contribution >= 0.6 is 7.60 Å². The van der Waals surface area contributed by atoms with E-state index in [0.717, 1.165) is 29.0 Å². The number of anilines is 1. The highest BCUT2D eigenvalue weighted by atomic mass is 31.2. The van der Waals surface area contributed by atoms with Crippen molar-refractivity contribution in [1.82, 2.24) is 20.3 Å². The Morgan fingerprint density at radius 3 is 2.40 bits per heavy atom. The fraction of sp³-hybridized carbons (Fsp3) is 0.378. The fourth-order valence-corrected chi connectivity index (χ4v) is 6.27. The van der Waals surface area contributed by atoms with Crippen molar-refractivity contribution in [2.75, 3.05) is 44.5 Å². The predicted molar refractivity (Wildman–Crippen MR) is 196 cm³/mol. The average Bonchev–Trinajstić information content (AvgIpc) is 3.55. The van der Waals surface area contributed by atoms with Crippen LogP contribution in [0.5, 0.6) is 5.75 Å². The molecule has 282 valence electrons. The van der Waals surface area contributed by atoms with Crippen molar-refractivity contribution in [1.29, 1.82) is 0 Å². The van der Waals surface area contributed by atoms with Crippen LogP contribution in [0, 0.1) is 0 Å². The molecule has 0 radical (unpaired) electrons. The van der Waals surface area contributed by atoms with Gasteiger partial charge in [0.25, 0.3) is 0 Å². The number of rotatable bonds is 19. The maximum atomic E-state index is 13.8. The number of carbonyl (C=O) groups excluding carboxylic acids is 2. The van der Waals surface area contributed by atoms with Crippen molar-refractivity contribution in [3.05, 3.63) is 83.9 Å². The number of aromatic carboxylic acids is 1. The second-order valence-electron chi connectivity index (χ2n) is 12.6. The van der Waals surface area contributed by atoms with Crippen LogP contribution in [-0.2, 0) is 36.5 Å². The summed E-state index contributed by atoms with van der Waals surface area (Å²) in [5.41, 5.74) is 4.93. The van der Waals surface area contributed by atoms with Crippen LogP contribution < -0.4 is 15.0 Å². The number of carboxylic acids is 1. The molecule has 16 heteroatoms. The normalized spacial score (nSPS) is 13.8. The van der Waals surface area contributed by atoms with Crippen molar-refractivity contribution in [2.45, 2.75) is 51.3 Å². The summed E-state index contributed by atoms with van der Waals surface area (Å²) in [4.78, 5) is 48.3. The molecule has 0 aliphatic carbocycles. The lowest BCUT2D eigenvalue weighted by atomic mass is 9.95. The summed E-state index contributed by atoms with van der Waals surface area (Å²) in [6.07, 6.45) is 1.06. The first-order chi connectivity index (χ1) is 25.5. The zero-order valence-electron chi connectivity index (χ0n) is 29.4. The second kappa shape index (κ2) is 18.7. The van der Waals surface area contributed by atoms with E-state index in [1.54, 1.807) is 21.7 Å². The van der Waals surface area contributed by atoms with Gasteiger partial charge in [-0.1, -0.05) is 47.7 Å². The smallest absolute Gasteiger partial charge is 0.335 e. The molecule has 2 heterocycles. The molecule has 53 heavy (non-hydrogen) atoms. The molecule has 0 fully saturated rings. The topological polar surface area (TPSA) is 203 Å². The van der Waals surface area contributed by atoms with Gasteiger partial charge >= 0.3 is 13.6 Å². The van der Waals surface area contributed by atoms with Crippen molar-refractivity contribution in [2.24, 2.45) is 0 Å². The van der Waals surface area contributed by atoms with Crippen LogP contribution in [-0.4, -0.2) is 93.6 Å². The zero-order valence-corrected chi connectivity index (χ0v) is 30.3. The number of para-hydroxylation sites is 1. The SMILES string of the molecule is CP(=O)(O)OCC(O)COCCCNC(=O)CCCCC(=O)N1Cc2ccccc2-c2c(nnn2CCOc2ccc(C(=O)O)cc2)-c2ccccc21. The summed E-state index contributed by atoms with van der Waals surface area (Å²) in [5, 5.41) is 30.8. The van der Waals surface area contributed by atoms with Crippen LogP contribution in [0.2, 0.25) is 0 Å². The van der Waals surface area contributed by atoms with Gasteiger partial charge in [-0.05, 0) is 55.2 Å². The lowest BCUT2D eigenvalue weighted by Crippen LogP contribution is -2.31. The molecule has 0 saturated heterocycles. The molecule has 4 aromatic rings. The van der Waals surface area contributed by atoms with Gasteiger partial charge in [-0.25, -0.2) is 9.48 Å². The Labute approximate surface area is 307 Å². The molecule has 1 aromatic heterocycles. The molecule has 0 saturated carbocycles. The van der Waals surface area contributed by atoms with E-state index in [4.69, 9.17) is 19.5 Å². The first kappa shape index (κ1) is 39.3. The number of hydrogen-bond acceptors (Lipinski definition) is 10. The van der Waals surface area contributed by atoms with Crippen LogP contribution in [0.3, 0.4) is 0 Å². The maximum Gasteiger partial charge on any atom is 0.335 e. The number of amides is 2. The van der Waals surface area contributed by atoms with Crippen LogP contribution in [0.4, 0.5) is 5.69 Å². The molecule has 0 bridgehead atoms. The summed E-state index contributed by atoms with van der Waals surface area (Å²) in [6, 6.07) is 21.7. The third kappa shape index (κ3) is 11.3. The van der Waals surface area contributed by atoms with Gasteiger partial charge < -0.3 is 39.3 Å². The lowest BCUT2D eigenvalue weighted by Gasteiger charge is -2.28. The van der Waals surface area contributed by atoms with Gasteiger partial charge in [0, 0.05) is 43.8 Å². The van der Waals surface area contributed by atoms with E-state index in [-0.39, 0.29) is 56.6 Å². The monoisotopic (exact) mass is 749 g/mol. The minimum Gasteiger partial charge on any atom is -0.492 e. The van der Waals surface area contributed by atoms with Gasteiger partial charge in [0.1, 0.15) is 24.2 Å². The van der Waals surface area contributed by atoms with Crippen molar-refractivity contribution < 1.29 is 48.1 Å². The van der Waals surface area contributed by atoms with E-state index in [1.807, 2.05) is 48.5 Å². The first-order valence-corrected chi connectivity index (χ1v) is 19.4. The largest absolute Gasteiger partial charge is 0.492 e. The quantitative estimate of drug-likeness (QED) is 0.0773. The Morgan fingerprint density at radius 1 is 0.925 bits per heavy atom. The van der Waals surface area contributed by atoms with E-state index in [9.17, 15) is 24.1 Å². The van der Waals surface area contributed by atoms with Gasteiger partial charge in [-0.3, -0.25) is 14.2 Å². The van der Waals surface area contributed by atoms with Gasteiger partial charge in [0.15, 0.2) is 0 Å². The number of aliphatic hydroxyl groups is 1. The Balaban J connectivity index is 1.15. The maximum absolute atomic E-state index is 13.8. The van der Waals surface area contributed by atoms with E-state index in [2.05, 4.69) is 20.2 Å². The number of nitrogens with one attached hydrogen (secondary N) is 1. The third-order valence-corrected chi connectivity index (χ3v) is 9.04. The summed E-state index contributed by atoms with van der Waals surface area (Å²) >= 11 is 0. The van der Waals surface area contributed by atoms with E-state index in [1.165, 1.54) is 12.1 Å². The van der Waals surface area contributed by atoms with Gasteiger partial charge in [0.2, 0.25) is 11.8 Å². The molecule has 5 rings (SSSR count). The van der Waals surface area contributed by atoms with Crippen molar-refractivity contribution in [3.63, 3.8) is 0 Å². The van der Waals surface area contributed by atoms with E-state index < -0.39 is 19.7 Å². The number of aromatic nitrogens is 3. The van der Waals surface area contributed by atoms with Gasteiger partial charge in [-0.15, -0.1) is 5.10 Å². The van der Waals surface area contributed by atoms with Crippen molar-refractivity contribution in [3.8, 4) is 28.3 Å². The zero-order chi connectivity index (χ0) is 37.8. The molecule has 2 amide bonds. The minimum atomic E-state index is -3.66. The molecule has 2 unspecified atom stereocenters. The Hall–Kier alpha value is -4.92. The number of carbonyl (C=O) groups is 3. The minimum absolute atomic E-state index is 0.0541. The highest BCUT2D eigenvalue weighted by molar-refractivity contribution is 7.51. The Bertz CT molecular complexity index is 1910. The molecule has 1 aliphatic heterocycles. The summed E-state index contributed by atoms with van der Waals surface area (Å²) < 4.78 is 28.8. The standard InChI is InChI=1S/C37H44N5O10P/c1-53(48,49)52-25-28(43)24-50-21-8-19-38-33(44)13-6-7-14-34(45)41-23-27-9-2-3-10-30(27)36-35(31-11-4-5-12-32(31)41)39-40-42(36)20-22-51-29-17-15-26(16-18-29)37(46)47/h2-5,9-12,15-18,28,43H,6-8,13-14,19-25H2,1H3,(H,38,44)(H,46,47)(H,48,49). The third-order valence-electron chi connectivity index (χ3n) is 8.41. The summed E-state index contributed by atoms with van der Waals surface area (Å²) in [5.74, 6) is -0.668. The first-order valence-electron chi connectivity index (χ1n) is 17.3. The number of hydrogen-bond donors (Lipinski definition) is 4. The van der Waals surface area contributed by atoms with Crippen molar-refractivity contribution >= 4 is 31.1 Å². The molecule has 15 nitrogen and oxygen atoms in total. The molecule has 1 aliphatic rings. The molecule has 4 N–H and O–H groups in total. The molecular weight excluding hydrogens is 705 g/mol. The number of aliphatic hydroxyl groups excluding tert-OH is 1. The second-order valence-corrected chi connectivity index (χ2v) is 14.4. The highest BCUT2D eigenvalue weighted by Gasteiger charge is 2.29. The van der Waals surface area contributed by atoms with Crippen LogP contribution in [0.15, 0.2) is 72.8 Å². The average molecular weight is 750 g/mol. The highest BCUT2D eigenvalue weighted by Crippen LogP contribution is 2.41. The number of nitrogens with zero attached hydrogens (tertiary/aromatic N) is 4. The Kier molecular flexibility index (Phi) is 13.9. The summed E-state index contributed by atoms with van der Waals surface area (Å²) in [7, 11) is -3.66. The molecular formula is C37H44N5O10P. The molecule has 2 atom stereocenters.